The summed E-state index contributed by atoms with van der Waals surface area (Å²) in [4.78, 5) is 3.02. The second-order valence-corrected chi connectivity index (χ2v) is 7.34. The zero-order chi connectivity index (χ0) is 13.8. The molecule has 1 aromatic rings. The fourth-order valence-electron chi connectivity index (χ4n) is 2.78. The Morgan fingerprint density at radius 2 is 2.26 bits per heavy atom. The molecule has 1 fully saturated rings. The Balaban J connectivity index is 2.06. The van der Waals surface area contributed by atoms with E-state index in [4.69, 9.17) is 11.6 Å². The molecule has 106 valence electrons. The maximum absolute atomic E-state index is 13.1. The highest BCUT2D eigenvalue weighted by Crippen LogP contribution is 2.27. The molecule has 0 spiro atoms. The molecule has 0 N–H and O–H groups in total. The Morgan fingerprint density at radius 1 is 1.47 bits per heavy atom. The van der Waals surface area contributed by atoms with Crippen LogP contribution in [0.3, 0.4) is 0 Å². The van der Waals surface area contributed by atoms with Gasteiger partial charge in [0.15, 0.2) is 0 Å². The smallest absolute Gasteiger partial charge is 0.124 e. The first kappa shape index (κ1) is 15.3. The normalized spacial score (nSPS) is 22.4. The number of alkyl halides is 1. The van der Waals surface area contributed by atoms with Crippen LogP contribution in [0.4, 0.5) is 4.39 Å². The number of hydrogen-bond donors (Lipinski definition) is 0. The summed E-state index contributed by atoms with van der Waals surface area (Å²) in [6.07, 6.45) is 4.94. The fraction of sp³-hybridized carbons (Fsp3) is 0.600. The molecule has 2 rings (SSSR count). The van der Waals surface area contributed by atoms with Crippen molar-refractivity contribution in [2.24, 2.45) is 0 Å². The molecule has 4 heteroatoms. The largest absolute Gasteiger partial charge is 0.296 e. The van der Waals surface area contributed by atoms with Crippen molar-refractivity contribution < 1.29 is 4.39 Å². The summed E-state index contributed by atoms with van der Waals surface area (Å²) in [6, 6.07) is 5.31. The lowest BCUT2D eigenvalue weighted by atomic mass is 9.97. The van der Waals surface area contributed by atoms with Crippen LogP contribution in [0.1, 0.15) is 38.2 Å². The van der Waals surface area contributed by atoms with Crippen LogP contribution < -0.4 is 0 Å². The topological polar surface area (TPSA) is 3.24 Å². The van der Waals surface area contributed by atoms with Crippen LogP contribution in [0.15, 0.2) is 18.2 Å². The van der Waals surface area contributed by atoms with E-state index in [9.17, 15) is 4.39 Å². The number of nitrogens with zero attached hydrogens (tertiary/aromatic N) is 1. The monoisotopic (exact) mass is 347 g/mol. The predicted molar refractivity (Wildman–Crippen MR) is 82.5 cm³/mol. The highest BCUT2D eigenvalue weighted by Gasteiger charge is 2.24. The summed E-state index contributed by atoms with van der Waals surface area (Å²) in [6.45, 7) is 4.12. The van der Waals surface area contributed by atoms with E-state index in [2.05, 4.69) is 27.8 Å². The summed E-state index contributed by atoms with van der Waals surface area (Å²) in [7, 11) is 0. The van der Waals surface area contributed by atoms with Crippen LogP contribution in [0.2, 0.25) is 5.02 Å². The van der Waals surface area contributed by atoms with Crippen LogP contribution in [0, 0.1) is 5.82 Å². The van der Waals surface area contributed by atoms with Gasteiger partial charge in [0.2, 0.25) is 0 Å². The number of benzene rings is 1. The molecule has 1 nitrogen and oxygen atoms in total. The van der Waals surface area contributed by atoms with Crippen molar-refractivity contribution in [2.75, 3.05) is 6.54 Å². The third-order valence-corrected chi connectivity index (χ3v) is 4.46. The molecular weight excluding hydrogens is 329 g/mol. The second-order valence-electron chi connectivity index (χ2n) is 5.37. The molecule has 0 aromatic heterocycles. The predicted octanol–water partition coefficient (Wildman–Crippen LogP) is 5.01. The summed E-state index contributed by atoms with van der Waals surface area (Å²) in [5.41, 5.74) is 1.03. The molecule has 1 saturated heterocycles. The molecule has 1 aliphatic rings. The van der Waals surface area contributed by atoms with Gasteiger partial charge in [-0.25, -0.2) is 4.39 Å². The van der Waals surface area contributed by atoms with Crippen LogP contribution in [0.5, 0.6) is 0 Å². The van der Waals surface area contributed by atoms with Gasteiger partial charge in [0.25, 0.3) is 0 Å². The Kier molecular flexibility index (Phi) is 5.67. The third-order valence-electron chi connectivity index (χ3n) is 3.73. The van der Waals surface area contributed by atoms with Gasteiger partial charge in [0.1, 0.15) is 5.82 Å². The van der Waals surface area contributed by atoms with Gasteiger partial charge in [-0.15, -0.1) is 0 Å². The summed E-state index contributed by atoms with van der Waals surface area (Å²) < 4.78 is 13.1. The Bertz CT molecular complexity index is 425. The van der Waals surface area contributed by atoms with E-state index in [-0.39, 0.29) is 5.82 Å². The molecule has 0 bridgehead atoms. The van der Waals surface area contributed by atoms with Crippen LogP contribution in [0.25, 0.3) is 0 Å². The van der Waals surface area contributed by atoms with Crippen molar-refractivity contribution in [1.29, 1.82) is 0 Å². The van der Waals surface area contributed by atoms with Gasteiger partial charge in [0.05, 0.1) is 0 Å². The zero-order valence-corrected chi connectivity index (χ0v) is 13.6. The molecule has 2 atom stereocenters. The minimum Gasteiger partial charge on any atom is -0.296 e. The standard InChI is InChI=1S/C15H20BrClFN/c1-11(16)8-14-4-2-3-7-19(14)10-12-5-6-13(18)9-15(12)17/h5-6,9,11,14H,2-4,7-8,10H2,1H3. The maximum Gasteiger partial charge on any atom is 0.124 e. The van der Waals surface area contributed by atoms with Crippen molar-refractivity contribution in [2.45, 2.75) is 50.0 Å². The summed E-state index contributed by atoms with van der Waals surface area (Å²) >= 11 is 9.77. The van der Waals surface area contributed by atoms with Crippen molar-refractivity contribution in [1.82, 2.24) is 4.90 Å². The quantitative estimate of drug-likeness (QED) is 0.692. The summed E-state index contributed by atoms with van der Waals surface area (Å²) in [5, 5.41) is 0.538. The van der Waals surface area contributed by atoms with E-state index in [0.29, 0.717) is 15.9 Å². The van der Waals surface area contributed by atoms with Gasteiger partial charge in [0, 0.05) is 22.4 Å². The molecule has 19 heavy (non-hydrogen) atoms. The second kappa shape index (κ2) is 7.05. The van der Waals surface area contributed by atoms with Gasteiger partial charge in [-0.1, -0.05) is 46.9 Å². The number of halogens is 3. The van der Waals surface area contributed by atoms with E-state index in [1.807, 2.05) is 0 Å². The molecule has 0 amide bonds. The highest BCUT2D eigenvalue weighted by molar-refractivity contribution is 9.09. The third kappa shape index (κ3) is 4.44. The molecule has 1 aliphatic heterocycles. The highest BCUT2D eigenvalue weighted by atomic mass is 79.9. The van der Waals surface area contributed by atoms with E-state index >= 15 is 0 Å². The average molecular weight is 349 g/mol. The molecular formula is C15H20BrClFN. The Labute approximate surface area is 128 Å². The molecule has 0 radical (unpaired) electrons. The Hall–Kier alpha value is -0.120. The minimum absolute atomic E-state index is 0.266. The number of hydrogen-bond acceptors (Lipinski definition) is 1. The van der Waals surface area contributed by atoms with E-state index in [1.165, 1.54) is 31.4 Å². The first-order valence-electron chi connectivity index (χ1n) is 6.88. The minimum atomic E-state index is -0.266. The van der Waals surface area contributed by atoms with Crippen LogP contribution >= 0.6 is 27.5 Å². The Morgan fingerprint density at radius 3 is 2.95 bits per heavy atom. The average Bonchev–Trinajstić information content (AvgIpc) is 2.34. The molecule has 1 heterocycles. The lowest BCUT2D eigenvalue weighted by Gasteiger charge is -2.36. The van der Waals surface area contributed by atoms with E-state index < -0.39 is 0 Å². The van der Waals surface area contributed by atoms with E-state index in [0.717, 1.165) is 25.1 Å². The van der Waals surface area contributed by atoms with Crippen LogP contribution in [-0.2, 0) is 6.54 Å². The summed E-state index contributed by atoms with van der Waals surface area (Å²) in [5.74, 6) is -0.266. The van der Waals surface area contributed by atoms with Gasteiger partial charge in [-0.3, -0.25) is 4.90 Å². The fourth-order valence-corrected chi connectivity index (χ4v) is 3.44. The molecule has 2 unspecified atom stereocenters. The SMILES string of the molecule is CC(Br)CC1CCCCN1Cc1ccc(F)cc1Cl. The van der Waals surface area contributed by atoms with Gasteiger partial charge >= 0.3 is 0 Å². The maximum atomic E-state index is 13.1. The molecule has 1 aromatic carbocycles. The van der Waals surface area contributed by atoms with Gasteiger partial charge < -0.3 is 0 Å². The number of likely N-dealkylation sites (tertiary alicyclic amines) is 1. The van der Waals surface area contributed by atoms with Crippen molar-refractivity contribution in [3.8, 4) is 0 Å². The van der Waals surface area contributed by atoms with Crippen molar-refractivity contribution in [3.63, 3.8) is 0 Å². The molecule has 0 aliphatic carbocycles. The lowest BCUT2D eigenvalue weighted by molar-refractivity contribution is 0.133. The van der Waals surface area contributed by atoms with Crippen LogP contribution in [-0.4, -0.2) is 22.3 Å². The number of piperidine rings is 1. The first-order valence-corrected chi connectivity index (χ1v) is 8.17. The van der Waals surface area contributed by atoms with E-state index in [1.54, 1.807) is 6.07 Å². The lowest BCUT2D eigenvalue weighted by Crippen LogP contribution is -2.40. The molecule has 0 saturated carbocycles. The van der Waals surface area contributed by atoms with Gasteiger partial charge in [-0.2, -0.15) is 0 Å². The first-order chi connectivity index (χ1) is 9.06. The number of rotatable bonds is 4. The van der Waals surface area contributed by atoms with Crippen molar-refractivity contribution >= 4 is 27.5 Å². The van der Waals surface area contributed by atoms with Gasteiger partial charge in [-0.05, 0) is 43.5 Å². The zero-order valence-electron chi connectivity index (χ0n) is 11.2. The van der Waals surface area contributed by atoms with Crippen molar-refractivity contribution in [3.05, 3.63) is 34.6 Å².